The van der Waals surface area contributed by atoms with Crippen LogP contribution in [0.4, 0.5) is 5.69 Å². The van der Waals surface area contributed by atoms with Gasteiger partial charge in [0, 0.05) is 43.5 Å². The molecule has 4 aromatic rings. The van der Waals surface area contributed by atoms with E-state index in [4.69, 9.17) is 14.6 Å². The highest BCUT2D eigenvalue weighted by Gasteiger charge is 2.25. The van der Waals surface area contributed by atoms with Gasteiger partial charge in [-0.25, -0.2) is 0 Å². The smallest absolute Gasteiger partial charge is 0.322 e. The molecule has 298 valence electrons. The van der Waals surface area contributed by atoms with Crippen LogP contribution in [0.3, 0.4) is 0 Å². The Balaban J connectivity index is 0.000000392. The molecule has 0 bridgehead atoms. The number of aliphatic carboxylic acids is 1. The first-order valence-electron chi connectivity index (χ1n) is 19.2. The van der Waals surface area contributed by atoms with Gasteiger partial charge in [0.2, 0.25) is 5.91 Å². The number of aromatic nitrogens is 2. The average Bonchev–Trinajstić information content (AvgIpc) is 3.66. The van der Waals surface area contributed by atoms with Crippen LogP contribution in [0, 0.1) is 0 Å². The number of anilines is 1. The van der Waals surface area contributed by atoms with Crippen LogP contribution in [-0.4, -0.2) is 101 Å². The Morgan fingerprint density at radius 2 is 1.73 bits per heavy atom. The van der Waals surface area contributed by atoms with Gasteiger partial charge in [-0.3, -0.25) is 23.9 Å². The number of hydrogen-bond donors (Lipinski definition) is 5. The summed E-state index contributed by atoms with van der Waals surface area (Å²) in [6.07, 6.45) is 11.4. The van der Waals surface area contributed by atoms with Crippen molar-refractivity contribution in [1.82, 2.24) is 25.3 Å². The van der Waals surface area contributed by atoms with Crippen molar-refractivity contribution < 1.29 is 38.9 Å². The third-order valence-corrected chi connectivity index (χ3v) is 9.69. The van der Waals surface area contributed by atoms with Gasteiger partial charge in [-0.2, -0.15) is 5.10 Å². The minimum atomic E-state index is -1.05. The van der Waals surface area contributed by atoms with Gasteiger partial charge in [-0.05, 0) is 67.1 Å². The Labute approximate surface area is 327 Å². The zero-order valence-electron chi connectivity index (χ0n) is 31.9. The molecule has 5 N–H and O–H groups in total. The molecule has 2 heterocycles. The number of rotatable bonds is 17. The fraction of sp³-hybridized carbons (Fsp3) is 0.405. The number of ether oxygens (including phenoxy) is 2. The molecular formula is C42H52N6O8. The quantitative estimate of drug-likeness (QED) is 0.0754. The highest BCUT2D eigenvalue weighted by Crippen LogP contribution is 2.39. The van der Waals surface area contributed by atoms with E-state index in [9.17, 15) is 24.3 Å². The molecule has 1 aliphatic heterocycles. The molecule has 0 atom stereocenters. The summed E-state index contributed by atoms with van der Waals surface area (Å²) in [6.45, 7) is 2.63. The molecule has 1 aliphatic carbocycles. The largest absolute Gasteiger partial charge is 0.506 e. The predicted octanol–water partition coefficient (Wildman–Crippen LogP) is 4.57. The Morgan fingerprint density at radius 3 is 2.45 bits per heavy atom. The van der Waals surface area contributed by atoms with Crippen LogP contribution in [-0.2, 0) is 39.0 Å². The van der Waals surface area contributed by atoms with Gasteiger partial charge in [0.15, 0.2) is 12.4 Å². The van der Waals surface area contributed by atoms with Crippen molar-refractivity contribution in [2.24, 2.45) is 7.05 Å². The molecular weight excluding hydrogens is 716 g/mol. The summed E-state index contributed by atoms with van der Waals surface area (Å²) >= 11 is 0. The van der Waals surface area contributed by atoms with Crippen LogP contribution in [0.5, 0.6) is 11.5 Å². The lowest BCUT2D eigenvalue weighted by molar-refractivity contribution is -0.136. The molecule has 3 aromatic carbocycles. The zero-order valence-corrected chi connectivity index (χ0v) is 31.9. The summed E-state index contributed by atoms with van der Waals surface area (Å²) in [4.78, 5) is 48.3. The Kier molecular flexibility index (Phi) is 15.8. The second-order valence-corrected chi connectivity index (χ2v) is 13.8. The molecule has 0 unspecified atom stereocenters. The van der Waals surface area contributed by atoms with E-state index in [0.29, 0.717) is 68.7 Å². The molecule has 0 radical (unpaired) electrons. The first-order valence-corrected chi connectivity index (χ1v) is 19.2. The summed E-state index contributed by atoms with van der Waals surface area (Å²) in [7, 11) is 1.91. The summed E-state index contributed by atoms with van der Waals surface area (Å²) in [5.41, 5.74) is 5.17. The number of carboxylic acids is 1. The third-order valence-electron chi connectivity index (χ3n) is 9.69. The number of phenolic OH excluding ortho intramolecular Hbond substituents is 1. The molecule has 14 heteroatoms. The van der Waals surface area contributed by atoms with E-state index < -0.39 is 5.97 Å². The number of nitrogens with zero attached hydrogens (tertiary/aromatic N) is 3. The van der Waals surface area contributed by atoms with Crippen molar-refractivity contribution in [3.63, 3.8) is 0 Å². The fourth-order valence-corrected chi connectivity index (χ4v) is 6.74. The van der Waals surface area contributed by atoms with Crippen molar-refractivity contribution in [2.45, 2.75) is 57.4 Å². The highest BCUT2D eigenvalue weighted by atomic mass is 16.5. The van der Waals surface area contributed by atoms with E-state index in [1.165, 1.54) is 24.8 Å². The number of amides is 3. The maximum Gasteiger partial charge on any atom is 0.322 e. The molecule has 1 saturated carbocycles. The number of fused-ring (bicyclic) bond motifs is 1. The Hall–Kier alpha value is -5.73. The topological polar surface area (TPSA) is 184 Å². The number of aromatic hydroxyl groups is 1. The first-order chi connectivity index (χ1) is 27.2. The van der Waals surface area contributed by atoms with E-state index >= 15 is 0 Å². The highest BCUT2D eigenvalue weighted by molar-refractivity contribution is 5.97. The lowest BCUT2D eigenvalue weighted by Crippen LogP contribution is -2.45. The normalized spacial score (nSPS) is 13.7. The van der Waals surface area contributed by atoms with Crippen LogP contribution < -0.4 is 20.7 Å². The second-order valence-electron chi connectivity index (χ2n) is 13.8. The van der Waals surface area contributed by atoms with E-state index in [0.717, 1.165) is 36.0 Å². The lowest BCUT2D eigenvalue weighted by Gasteiger charge is -2.34. The van der Waals surface area contributed by atoms with E-state index in [1.807, 2.05) is 25.5 Å². The van der Waals surface area contributed by atoms with Crippen LogP contribution in [0.25, 0.3) is 11.1 Å². The Bertz CT molecular complexity index is 1890. The van der Waals surface area contributed by atoms with Gasteiger partial charge in [0.05, 0.1) is 25.8 Å². The number of hydrogen-bond acceptors (Lipinski definition) is 9. The number of phenols is 1. The Morgan fingerprint density at radius 1 is 0.964 bits per heavy atom. The molecule has 1 aromatic heterocycles. The summed E-state index contributed by atoms with van der Waals surface area (Å²) < 4.78 is 13.3. The van der Waals surface area contributed by atoms with E-state index in [-0.39, 0.29) is 36.6 Å². The summed E-state index contributed by atoms with van der Waals surface area (Å²) in [5, 5.41) is 31.0. The van der Waals surface area contributed by atoms with E-state index in [1.54, 1.807) is 41.1 Å². The monoisotopic (exact) mass is 768 g/mol. The number of benzene rings is 3. The SMILES string of the molecule is Cn1cc(-c2ccc(CCOCCC(=O)N(CCNCCc3ccc(O)c4c3OCC(=O)N4)C3CCCCC3)cc2)cn1.O=C(O)CNC(=O)c1ccccc1. The molecule has 1 fully saturated rings. The summed E-state index contributed by atoms with van der Waals surface area (Å²) in [6, 6.07) is 20.6. The molecule has 56 heavy (non-hydrogen) atoms. The number of carbonyl (C=O) groups excluding carboxylic acids is 3. The number of nitrogens with one attached hydrogen (secondary N) is 3. The summed E-state index contributed by atoms with van der Waals surface area (Å²) in [5.74, 6) is -1.01. The number of aryl methyl sites for hydroxylation is 1. The molecule has 6 rings (SSSR count). The average molecular weight is 769 g/mol. The van der Waals surface area contributed by atoms with Gasteiger partial charge < -0.3 is 40.5 Å². The molecule has 14 nitrogen and oxygen atoms in total. The van der Waals surface area contributed by atoms with Crippen molar-refractivity contribution in [3.8, 4) is 22.6 Å². The molecule has 2 aliphatic rings. The van der Waals surface area contributed by atoms with Crippen LogP contribution in [0.2, 0.25) is 0 Å². The van der Waals surface area contributed by atoms with Crippen molar-refractivity contribution in [3.05, 3.63) is 95.8 Å². The maximum absolute atomic E-state index is 13.3. The van der Waals surface area contributed by atoms with Gasteiger partial charge in [0.1, 0.15) is 18.0 Å². The predicted molar refractivity (Wildman–Crippen MR) is 212 cm³/mol. The second kappa shape index (κ2) is 21.4. The van der Waals surface area contributed by atoms with Crippen LogP contribution in [0.1, 0.15) is 60.0 Å². The van der Waals surface area contributed by atoms with Crippen LogP contribution in [0.15, 0.2) is 79.1 Å². The fourth-order valence-electron chi connectivity index (χ4n) is 6.74. The third kappa shape index (κ3) is 12.7. The molecule has 3 amide bonds. The van der Waals surface area contributed by atoms with Gasteiger partial charge in [-0.15, -0.1) is 0 Å². The number of carbonyl (C=O) groups is 4. The van der Waals surface area contributed by atoms with Crippen molar-refractivity contribution in [2.75, 3.05) is 51.3 Å². The van der Waals surface area contributed by atoms with Gasteiger partial charge in [0.25, 0.3) is 11.8 Å². The first kappa shape index (κ1) is 41.4. The number of carboxylic acid groups (broad SMARTS) is 1. The standard InChI is InChI=1S/C33H43N5O5.C9H9NO3/c1-37-22-27(21-35-37)25-9-7-24(8-10-25)14-19-42-20-15-31(41)38(28-5-3-2-4-6-28)18-17-34-16-13-26-11-12-29(39)32-33(26)43-23-30(40)36-32;11-8(12)6-10-9(13)7-4-2-1-3-5-7/h7-12,21-22,28,34,39H,2-6,13-20,23H2,1H3,(H,36,40);1-5H,6H2,(H,10,13)(H,11,12). The van der Waals surface area contributed by atoms with Gasteiger partial charge in [-0.1, -0.05) is 67.8 Å². The lowest BCUT2D eigenvalue weighted by atomic mass is 9.94. The van der Waals surface area contributed by atoms with E-state index in [2.05, 4.69) is 50.2 Å². The maximum atomic E-state index is 13.3. The zero-order chi connectivity index (χ0) is 39.7. The minimum Gasteiger partial charge on any atom is -0.506 e. The van der Waals surface area contributed by atoms with Crippen molar-refractivity contribution >= 4 is 29.4 Å². The molecule has 0 spiro atoms. The minimum absolute atomic E-state index is 0.000764. The molecule has 0 saturated heterocycles. The van der Waals surface area contributed by atoms with Crippen LogP contribution >= 0.6 is 0 Å². The van der Waals surface area contributed by atoms with Gasteiger partial charge >= 0.3 is 5.97 Å². The van der Waals surface area contributed by atoms with Crippen molar-refractivity contribution in [1.29, 1.82) is 0 Å².